The van der Waals surface area contributed by atoms with Crippen LogP contribution in [0.2, 0.25) is 0 Å². The Bertz CT molecular complexity index is 765. The van der Waals surface area contributed by atoms with Crippen LogP contribution in [0.1, 0.15) is 24.7 Å². The van der Waals surface area contributed by atoms with Gasteiger partial charge < -0.3 is 21.1 Å². The number of nitrogens with two attached hydrogens (primary N) is 1. The van der Waals surface area contributed by atoms with E-state index in [2.05, 4.69) is 25.6 Å². The van der Waals surface area contributed by atoms with Crippen LogP contribution in [0.3, 0.4) is 0 Å². The van der Waals surface area contributed by atoms with Crippen LogP contribution < -0.4 is 16.4 Å². The fraction of sp³-hybridized carbons (Fsp3) is 0.312. The van der Waals surface area contributed by atoms with Crippen LogP contribution in [0, 0.1) is 6.92 Å². The molecule has 25 heavy (non-hydrogen) atoms. The highest BCUT2D eigenvalue weighted by Crippen LogP contribution is 2.17. The fourth-order valence-electron chi connectivity index (χ4n) is 1.95. The van der Waals surface area contributed by atoms with E-state index in [9.17, 15) is 9.59 Å². The van der Waals surface area contributed by atoms with Crippen LogP contribution in [-0.2, 0) is 20.9 Å². The Kier molecular flexibility index (Phi) is 6.21. The molecule has 0 bridgehead atoms. The first-order valence-electron chi connectivity index (χ1n) is 7.67. The zero-order chi connectivity index (χ0) is 18.2. The Balaban J connectivity index is 1.95. The number of benzene rings is 1. The lowest BCUT2D eigenvalue weighted by Gasteiger charge is -2.09. The van der Waals surface area contributed by atoms with Crippen LogP contribution in [0.5, 0.6) is 0 Å². The van der Waals surface area contributed by atoms with Gasteiger partial charge in [-0.05, 0) is 18.6 Å². The van der Waals surface area contributed by atoms with E-state index in [0.29, 0.717) is 0 Å². The Morgan fingerprint density at radius 1 is 1.20 bits per heavy atom. The maximum Gasteiger partial charge on any atom is 0.308 e. The zero-order valence-electron chi connectivity index (χ0n) is 14.1. The molecular weight excluding hydrogens is 324 g/mol. The molecule has 0 aliphatic carbocycles. The first kappa shape index (κ1) is 18.1. The number of nitrogens with zero attached hydrogens (tertiary/aromatic N) is 3. The Morgan fingerprint density at radius 2 is 1.96 bits per heavy atom. The number of para-hydroxylation sites is 1. The molecule has 1 aromatic heterocycles. The van der Waals surface area contributed by atoms with Gasteiger partial charge in [-0.25, -0.2) is 0 Å². The number of nitrogen functional groups attached to an aromatic ring is 1. The number of hydrogen-bond donors (Lipinski definition) is 3. The highest BCUT2D eigenvalue weighted by molar-refractivity contribution is 5.74. The SMILES string of the molecule is CC(=O)NCCC(=O)OCc1nc(N)nc(Nc2ccccc2C)n1. The van der Waals surface area contributed by atoms with Crippen molar-refractivity contribution in [2.75, 3.05) is 17.6 Å². The van der Waals surface area contributed by atoms with Gasteiger partial charge in [0.15, 0.2) is 12.4 Å². The number of esters is 1. The molecule has 2 aromatic rings. The molecule has 0 radical (unpaired) electrons. The van der Waals surface area contributed by atoms with Crippen molar-refractivity contribution in [3.05, 3.63) is 35.7 Å². The summed E-state index contributed by atoms with van der Waals surface area (Å²) in [5.41, 5.74) is 7.54. The summed E-state index contributed by atoms with van der Waals surface area (Å²) in [6.45, 7) is 3.41. The number of nitrogens with one attached hydrogen (secondary N) is 2. The Hall–Kier alpha value is -3.23. The maximum absolute atomic E-state index is 11.6. The van der Waals surface area contributed by atoms with Crippen molar-refractivity contribution < 1.29 is 14.3 Å². The average Bonchev–Trinajstić information content (AvgIpc) is 2.54. The van der Waals surface area contributed by atoms with Gasteiger partial charge in [0.05, 0.1) is 6.42 Å². The summed E-state index contributed by atoms with van der Waals surface area (Å²) in [7, 11) is 0. The lowest BCUT2D eigenvalue weighted by molar-refractivity contribution is -0.145. The molecule has 9 nitrogen and oxygen atoms in total. The van der Waals surface area contributed by atoms with E-state index in [1.165, 1.54) is 6.92 Å². The Labute approximate surface area is 145 Å². The predicted octanol–water partition coefficient (Wildman–Crippen LogP) is 1.08. The third-order valence-corrected chi connectivity index (χ3v) is 3.16. The molecule has 1 aromatic carbocycles. The van der Waals surface area contributed by atoms with Crippen molar-refractivity contribution in [3.63, 3.8) is 0 Å². The molecule has 1 amide bonds. The first-order valence-corrected chi connectivity index (χ1v) is 7.67. The number of rotatable bonds is 7. The molecule has 2 rings (SSSR count). The normalized spacial score (nSPS) is 10.2. The maximum atomic E-state index is 11.6. The van der Waals surface area contributed by atoms with Gasteiger partial charge in [-0.3, -0.25) is 9.59 Å². The number of hydrogen-bond acceptors (Lipinski definition) is 8. The first-order chi connectivity index (χ1) is 11.9. The van der Waals surface area contributed by atoms with Crippen molar-refractivity contribution in [2.24, 2.45) is 0 Å². The van der Waals surface area contributed by atoms with Crippen molar-refractivity contribution in [1.82, 2.24) is 20.3 Å². The van der Waals surface area contributed by atoms with Gasteiger partial charge in [-0.2, -0.15) is 15.0 Å². The van der Waals surface area contributed by atoms with E-state index in [1.54, 1.807) is 0 Å². The minimum atomic E-state index is -0.471. The number of carbonyl (C=O) groups excluding carboxylic acids is 2. The van der Waals surface area contributed by atoms with Gasteiger partial charge in [0.1, 0.15) is 0 Å². The summed E-state index contributed by atoms with van der Waals surface area (Å²) < 4.78 is 5.07. The fourth-order valence-corrected chi connectivity index (χ4v) is 1.95. The van der Waals surface area contributed by atoms with Crippen molar-refractivity contribution in [2.45, 2.75) is 26.9 Å². The molecule has 4 N–H and O–H groups in total. The van der Waals surface area contributed by atoms with Crippen molar-refractivity contribution in [3.8, 4) is 0 Å². The van der Waals surface area contributed by atoms with Crippen LogP contribution in [0.15, 0.2) is 24.3 Å². The molecule has 1 heterocycles. The number of carbonyl (C=O) groups is 2. The molecule has 0 aliphatic heterocycles. The summed E-state index contributed by atoms with van der Waals surface area (Å²) in [5, 5.41) is 5.57. The van der Waals surface area contributed by atoms with Crippen LogP contribution in [-0.4, -0.2) is 33.4 Å². The van der Waals surface area contributed by atoms with E-state index in [-0.39, 0.29) is 43.2 Å². The third-order valence-electron chi connectivity index (χ3n) is 3.16. The number of amides is 1. The van der Waals surface area contributed by atoms with E-state index in [4.69, 9.17) is 10.5 Å². The molecule has 0 unspecified atom stereocenters. The second-order valence-electron chi connectivity index (χ2n) is 5.27. The number of anilines is 3. The van der Waals surface area contributed by atoms with E-state index < -0.39 is 5.97 Å². The van der Waals surface area contributed by atoms with E-state index in [1.807, 2.05) is 31.2 Å². The molecule has 0 aliphatic rings. The van der Waals surface area contributed by atoms with Gasteiger partial charge >= 0.3 is 5.97 Å². The third kappa shape index (κ3) is 6.05. The lowest BCUT2D eigenvalue weighted by atomic mass is 10.2. The lowest BCUT2D eigenvalue weighted by Crippen LogP contribution is -2.23. The average molecular weight is 344 g/mol. The molecule has 0 atom stereocenters. The molecule has 0 saturated heterocycles. The van der Waals surface area contributed by atoms with Crippen molar-refractivity contribution in [1.29, 1.82) is 0 Å². The largest absolute Gasteiger partial charge is 0.457 e. The second kappa shape index (κ2) is 8.57. The standard InChI is InChI=1S/C16H20N6O3/c1-10-5-3-4-6-12(10)19-16-21-13(20-15(17)22-16)9-25-14(24)7-8-18-11(2)23/h3-6H,7-9H2,1-2H3,(H,18,23)(H3,17,19,20,21,22). The van der Waals surface area contributed by atoms with Gasteiger partial charge in [0.2, 0.25) is 17.8 Å². The summed E-state index contributed by atoms with van der Waals surface area (Å²) in [6.07, 6.45) is 0.0640. The topological polar surface area (TPSA) is 132 Å². The monoisotopic (exact) mass is 344 g/mol. The summed E-state index contributed by atoms with van der Waals surface area (Å²) >= 11 is 0. The molecule has 132 valence electrons. The number of ether oxygens (including phenoxy) is 1. The van der Waals surface area contributed by atoms with E-state index >= 15 is 0 Å². The zero-order valence-corrected chi connectivity index (χ0v) is 14.1. The quantitative estimate of drug-likeness (QED) is 0.636. The highest BCUT2D eigenvalue weighted by atomic mass is 16.5. The molecule has 0 spiro atoms. The van der Waals surface area contributed by atoms with Gasteiger partial charge in [0.25, 0.3) is 0 Å². The summed E-state index contributed by atoms with van der Waals surface area (Å²) in [4.78, 5) is 34.5. The molecule has 0 saturated carbocycles. The molecular formula is C16H20N6O3. The number of aromatic nitrogens is 3. The second-order valence-corrected chi connectivity index (χ2v) is 5.27. The summed E-state index contributed by atoms with van der Waals surface area (Å²) in [6, 6.07) is 7.65. The highest BCUT2D eigenvalue weighted by Gasteiger charge is 2.09. The van der Waals surface area contributed by atoms with Crippen molar-refractivity contribution >= 4 is 29.5 Å². The minimum Gasteiger partial charge on any atom is -0.457 e. The smallest absolute Gasteiger partial charge is 0.308 e. The predicted molar refractivity (Wildman–Crippen MR) is 91.8 cm³/mol. The molecule has 9 heteroatoms. The van der Waals surface area contributed by atoms with Gasteiger partial charge in [-0.1, -0.05) is 18.2 Å². The van der Waals surface area contributed by atoms with Crippen LogP contribution in [0.4, 0.5) is 17.6 Å². The van der Waals surface area contributed by atoms with Gasteiger partial charge in [0, 0.05) is 19.2 Å². The minimum absolute atomic E-state index is 0.0235. The number of aryl methyl sites for hydroxylation is 1. The summed E-state index contributed by atoms with van der Waals surface area (Å²) in [5.74, 6) is -0.149. The molecule has 0 fully saturated rings. The van der Waals surface area contributed by atoms with Crippen LogP contribution >= 0.6 is 0 Å². The Morgan fingerprint density at radius 3 is 2.68 bits per heavy atom. The van der Waals surface area contributed by atoms with E-state index in [0.717, 1.165) is 11.3 Å². The van der Waals surface area contributed by atoms with Crippen LogP contribution in [0.25, 0.3) is 0 Å². The van der Waals surface area contributed by atoms with Gasteiger partial charge in [-0.15, -0.1) is 0 Å².